The van der Waals surface area contributed by atoms with Crippen molar-refractivity contribution < 1.29 is 24.5 Å². The van der Waals surface area contributed by atoms with Gasteiger partial charge in [-0.05, 0) is 30.9 Å². The number of amides is 2. The number of nitrogens with two attached hydrogens (primary N) is 1. The largest absolute Gasteiger partial charge is 0.387 e. The standard InChI is InChI=1S/C23H23N7O5/c24-19-15-20(29-14(28-19)7-4-10-25-21(33)12-5-2-1-3-6-12)30(11-26-15)23-17(32)16(31)18(35-23)22(34)27-13-8-9-13/h1-3,5-6,11,13,16-18,23,31-32H,8-10H2,(H,25,33)(H,27,34)(H2,24,28,29)/t16?,17-,18+,23-/m1/s1. The van der Waals surface area contributed by atoms with E-state index in [0.717, 1.165) is 12.8 Å². The fourth-order valence-electron chi connectivity index (χ4n) is 3.74. The normalized spacial score (nSPS) is 23.5. The SMILES string of the molecule is Nc1nc(C#CCNC(=O)c2ccccc2)nc2c1ncn2[C@@H]1O[C@H](C(=O)NC2CC2)C(O)[C@H]1O. The number of aliphatic hydroxyl groups excluding tert-OH is 2. The van der Waals surface area contributed by atoms with E-state index in [1.165, 1.54) is 10.9 Å². The van der Waals surface area contributed by atoms with Crippen molar-refractivity contribution >= 4 is 28.8 Å². The first kappa shape index (κ1) is 22.7. The lowest BCUT2D eigenvalue weighted by atomic mass is 10.1. The van der Waals surface area contributed by atoms with Crippen LogP contribution in [0.2, 0.25) is 0 Å². The van der Waals surface area contributed by atoms with E-state index in [1.54, 1.807) is 24.3 Å². The molecule has 2 amide bonds. The number of imidazole rings is 1. The minimum Gasteiger partial charge on any atom is -0.387 e. The van der Waals surface area contributed by atoms with Crippen molar-refractivity contribution in [2.24, 2.45) is 0 Å². The molecule has 2 aromatic heterocycles. The van der Waals surface area contributed by atoms with Crippen LogP contribution in [0.3, 0.4) is 0 Å². The van der Waals surface area contributed by atoms with E-state index < -0.39 is 30.4 Å². The van der Waals surface area contributed by atoms with E-state index >= 15 is 0 Å². The van der Waals surface area contributed by atoms with Crippen molar-refractivity contribution in [3.63, 3.8) is 0 Å². The molecule has 0 spiro atoms. The maximum absolute atomic E-state index is 12.4. The van der Waals surface area contributed by atoms with Gasteiger partial charge in [-0.1, -0.05) is 24.1 Å². The molecule has 4 atom stereocenters. The Morgan fingerprint density at radius 1 is 1.17 bits per heavy atom. The van der Waals surface area contributed by atoms with Crippen molar-refractivity contribution in [1.29, 1.82) is 0 Å². The number of aliphatic hydroxyl groups is 2. The third-order valence-corrected chi connectivity index (χ3v) is 5.72. The van der Waals surface area contributed by atoms with Gasteiger partial charge in [-0.3, -0.25) is 14.2 Å². The molecule has 2 fully saturated rings. The topological polar surface area (TPSA) is 178 Å². The Balaban J connectivity index is 1.33. The Hall–Kier alpha value is -4.05. The van der Waals surface area contributed by atoms with E-state index in [-0.39, 0.29) is 41.3 Å². The summed E-state index contributed by atoms with van der Waals surface area (Å²) >= 11 is 0. The molecule has 6 N–H and O–H groups in total. The van der Waals surface area contributed by atoms with Gasteiger partial charge in [0.2, 0.25) is 5.82 Å². The molecule has 5 rings (SSSR count). The van der Waals surface area contributed by atoms with Crippen LogP contribution in [0, 0.1) is 11.8 Å². The first-order valence-corrected chi connectivity index (χ1v) is 11.1. The number of hydrogen-bond donors (Lipinski definition) is 5. The summed E-state index contributed by atoms with van der Waals surface area (Å²) in [6.07, 6.45) is -2.09. The number of carbonyl (C=O) groups excluding carboxylic acids is 2. The lowest BCUT2D eigenvalue weighted by molar-refractivity contribution is -0.137. The zero-order valence-electron chi connectivity index (χ0n) is 18.5. The summed E-state index contributed by atoms with van der Waals surface area (Å²) in [5.41, 5.74) is 7.00. The fourth-order valence-corrected chi connectivity index (χ4v) is 3.74. The second-order valence-electron chi connectivity index (χ2n) is 8.32. The number of ether oxygens (including phenoxy) is 1. The highest BCUT2D eigenvalue weighted by molar-refractivity contribution is 5.94. The molecule has 1 aliphatic heterocycles. The molecule has 1 unspecified atom stereocenters. The number of carbonyl (C=O) groups is 2. The highest BCUT2D eigenvalue weighted by atomic mass is 16.6. The maximum atomic E-state index is 12.4. The summed E-state index contributed by atoms with van der Waals surface area (Å²) in [4.78, 5) is 37.2. The van der Waals surface area contributed by atoms with Crippen LogP contribution in [0.4, 0.5) is 5.82 Å². The molecular formula is C23H23N7O5. The van der Waals surface area contributed by atoms with Gasteiger partial charge in [0.05, 0.1) is 12.9 Å². The van der Waals surface area contributed by atoms with Crippen molar-refractivity contribution in [2.45, 2.75) is 43.4 Å². The summed E-state index contributed by atoms with van der Waals surface area (Å²) in [6, 6.07) is 8.81. The lowest BCUT2D eigenvalue weighted by Gasteiger charge is -2.16. The van der Waals surface area contributed by atoms with E-state index in [4.69, 9.17) is 10.5 Å². The number of aromatic nitrogens is 4. The number of benzene rings is 1. The predicted octanol–water partition coefficient (Wildman–Crippen LogP) is -0.912. The fraction of sp³-hybridized carbons (Fsp3) is 0.348. The average Bonchev–Trinajstić information content (AvgIpc) is 3.49. The van der Waals surface area contributed by atoms with Gasteiger partial charge in [-0.15, -0.1) is 0 Å². The highest BCUT2D eigenvalue weighted by Gasteiger charge is 2.48. The van der Waals surface area contributed by atoms with Crippen LogP contribution >= 0.6 is 0 Å². The molecule has 180 valence electrons. The van der Waals surface area contributed by atoms with E-state index in [0.29, 0.717) is 5.56 Å². The van der Waals surface area contributed by atoms with Crippen molar-refractivity contribution in [2.75, 3.05) is 12.3 Å². The number of anilines is 1. The predicted molar refractivity (Wildman–Crippen MR) is 122 cm³/mol. The van der Waals surface area contributed by atoms with Gasteiger partial charge < -0.3 is 31.3 Å². The second kappa shape index (κ2) is 9.30. The summed E-state index contributed by atoms with van der Waals surface area (Å²) in [5.74, 6) is 4.90. The van der Waals surface area contributed by atoms with Gasteiger partial charge in [-0.25, -0.2) is 15.0 Å². The smallest absolute Gasteiger partial charge is 0.252 e. The molecule has 1 aliphatic carbocycles. The molecule has 3 aromatic rings. The Morgan fingerprint density at radius 3 is 2.69 bits per heavy atom. The molecule has 1 saturated carbocycles. The van der Waals surface area contributed by atoms with Gasteiger partial charge in [0.1, 0.15) is 17.7 Å². The Kier molecular flexibility index (Phi) is 6.04. The molecule has 1 aromatic carbocycles. The van der Waals surface area contributed by atoms with Crippen LogP contribution in [-0.2, 0) is 9.53 Å². The van der Waals surface area contributed by atoms with Crippen molar-refractivity contribution in [3.8, 4) is 11.8 Å². The van der Waals surface area contributed by atoms with Crippen molar-refractivity contribution in [3.05, 3.63) is 48.0 Å². The van der Waals surface area contributed by atoms with Gasteiger partial charge in [0.25, 0.3) is 11.8 Å². The number of hydrogen-bond acceptors (Lipinski definition) is 9. The van der Waals surface area contributed by atoms with Gasteiger partial charge in [-0.2, -0.15) is 0 Å². The molecule has 12 nitrogen and oxygen atoms in total. The summed E-state index contributed by atoms with van der Waals surface area (Å²) in [6.45, 7) is 0.0583. The monoisotopic (exact) mass is 477 g/mol. The van der Waals surface area contributed by atoms with Crippen LogP contribution in [0.25, 0.3) is 11.2 Å². The first-order valence-electron chi connectivity index (χ1n) is 11.1. The minimum absolute atomic E-state index is 0.0578. The number of nitrogens with zero attached hydrogens (tertiary/aromatic N) is 4. The highest BCUT2D eigenvalue weighted by Crippen LogP contribution is 2.33. The summed E-state index contributed by atoms with van der Waals surface area (Å²) in [5, 5.41) is 26.4. The molecule has 0 bridgehead atoms. The lowest BCUT2D eigenvalue weighted by Crippen LogP contribution is -2.43. The Labute approximate surface area is 199 Å². The third-order valence-electron chi connectivity index (χ3n) is 5.72. The maximum Gasteiger partial charge on any atom is 0.252 e. The molecule has 3 heterocycles. The van der Waals surface area contributed by atoms with Crippen LogP contribution in [0.5, 0.6) is 0 Å². The number of fused-ring (bicyclic) bond motifs is 1. The molecule has 12 heteroatoms. The summed E-state index contributed by atoms with van der Waals surface area (Å²) in [7, 11) is 0. The molecular weight excluding hydrogens is 454 g/mol. The van der Waals surface area contributed by atoms with E-state index in [2.05, 4.69) is 37.4 Å². The molecule has 0 radical (unpaired) electrons. The first-order chi connectivity index (χ1) is 16.9. The zero-order chi connectivity index (χ0) is 24.5. The zero-order valence-corrected chi connectivity index (χ0v) is 18.5. The van der Waals surface area contributed by atoms with Crippen LogP contribution in [-0.4, -0.2) is 72.4 Å². The van der Waals surface area contributed by atoms with Crippen molar-refractivity contribution in [1.82, 2.24) is 30.2 Å². The third kappa shape index (κ3) is 4.65. The van der Waals surface area contributed by atoms with E-state index in [9.17, 15) is 19.8 Å². The van der Waals surface area contributed by atoms with Gasteiger partial charge in [0, 0.05) is 11.6 Å². The minimum atomic E-state index is -1.43. The summed E-state index contributed by atoms with van der Waals surface area (Å²) < 4.78 is 7.08. The average molecular weight is 477 g/mol. The van der Waals surface area contributed by atoms with Crippen LogP contribution < -0.4 is 16.4 Å². The van der Waals surface area contributed by atoms with E-state index in [1.807, 2.05) is 6.07 Å². The Bertz CT molecular complexity index is 1330. The Morgan fingerprint density at radius 2 is 1.94 bits per heavy atom. The van der Waals surface area contributed by atoms with Crippen LogP contribution in [0.15, 0.2) is 36.7 Å². The van der Waals surface area contributed by atoms with Crippen LogP contribution in [0.1, 0.15) is 35.3 Å². The molecule has 1 saturated heterocycles. The van der Waals surface area contributed by atoms with Gasteiger partial charge >= 0.3 is 0 Å². The van der Waals surface area contributed by atoms with Gasteiger partial charge in [0.15, 0.2) is 23.8 Å². The second-order valence-corrected chi connectivity index (χ2v) is 8.32. The molecule has 35 heavy (non-hydrogen) atoms. The number of nitrogen functional groups attached to an aromatic ring is 1. The quantitative estimate of drug-likeness (QED) is 0.291. The number of nitrogens with one attached hydrogen (secondary N) is 2. The number of rotatable bonds is 5. The molecule has 2 aliphatic rings.